The Kier molecular flexibility index (Phi) is 5.34. The fraction of sp³-hybridized carbons (Fsp3) is 0.476. The molecule has 3 fully saturated rings. The average molecular weight is 385 g/mol. The zero-order valence-corrected chi connectivity index (χ0v) is 16.0. The van der Waals surface area contributed by atoms with Gasteiger partial charge in [-0.05, 0) is 60.4 Å². The molecule has 3 atom stereocenters. The van der Waals surface area contributed by atoms with Gasteiger partial charge in [-0.15, -0.1) is 0 Å². The molecule has 0 radical (unpaired) electrons. The first-order chi connectivity index (χ1) is 13.1. The number of carbonyl (C=O) groups is 3. The molecule has 1 aromatic rings. The molecule has 0 unspecified atom stereocenters. The second kappa shape index (κ2) is 7.89. The standard InChI is InChI=1S/C21H24N2O3S/c24-19(13-17-11-15-6-7-16(17)10-15)22-8-9-23-20(25)18(27-21(23)26)12-14-4-2-1-3-5-14/h1-5,12,15-17H,6-11,13H2,(H,22,24)/b18-12-/t15-,16+,17+/m0/s1. The molecule has 3 amide bonds. The molecule has 2 bridgehead atoms. The molecular formula is C21H24N2O3S. The second-order valence-corrected chi connectivity index (χ2v) is 8.73. The molecule has 4 rings (SSSR count). The summed E-state index contributed by atoms with van der Waals surface area (Å²) in [6.45, 7) is 0.537. The third-order valence-electron chi connectivity index (χ3n) is 5.96. The van der Waals surface area contributed by atoms with Crippen LogP contribution in [0.3, 0.4) is 0 Å². The highest BCUT2D eigenvalue weighted by atomic mass is 32.2. The van der Waals surface area contributed by atoms with E-state index in [1.807, 2.05) is 30.3 Å². The van der Waals surface area contributed by atoms with E-state index >= 15 is 0 Å². The Morgan fingerprint density at radius 2 is 2.00 bits per heavy atom. The molecule has 1 aromatic carbocycles. The van der Waals surface area contributed by atoms with Crippen molar-refractivity contribution in [2.45, 2.75) is 32.1 Å². The quantitative estimate of drug-likeness (QED) is 0.760. The number of nitrogens with one attached hydrogen (secondary N) is 1. The first-order valence-electron chi connectivity index (χ1n) is 9.67. The number of imide groups is 1. The first-order valence-corrected chi connectivity index (χ1v) is 10.5. The van der Waals surface area contributed by atoms with Gasteiger partial charge in [0.1, 0.15) is 0 Å². The summed E-state index contributed by atoms with van der Waals surface area (Å²) >= 11 is 0.956. The van der Waals surface area contributed by atoms with Crippen LogP contribution in [0.4, 0.5) is 4.79 Å². The van der Waals surface area contributed by atoms with E-state index in [-0.39, 0.29) is 23.6 Å². The monoisotopic (exact) mass is 384 g/mol. The summed E-state index contributed by atoms with van der Waals surface area (Å²) < 4.78 is 0. The minimum absolute atomic E-state index is 0.0411. The van der Waals surface area contributed by atoms with Crippen LogP contribution in [-0.2, 0) is 9.59 Å². The van der Waals surface area contributed by atoms with Gasteiger partial charge in [0.05, 0.1) is 4.91 Å². The molecule has 27 heavy (non-hydrogen) atoms. The molecule has 3 aliphatic rings. The van der Waals surface area contributed by atoms with Crippen molar-refractivity contribution in [1.82, 2.24) is 10.2 Å². The minimum Gasteiger partial charge on any atom is -0.354 e. The van der Waals surface area contributed by atoms with Crippen molar-refractivity contribution in [3.63, 3.8) is 0 Å². The van der Waals surface area contributed by atoms with Crippen LogP contribution in [0.5, 0.6) is 0 Å². The number of carbonyl (C=O) groups excluding carboxylic acids is 3. The Balaban J connectivity index is 1.26. The topological polar surface area (TPSA) is 66.5 Å². The highest BCUT2D eigenvalue weighted by Crippen LogP contribution is 2.49. The van der Waals surface area contributed by atoms with Gasteiger partial charge in [-0.2, -0.15) is 0 Å². The maximum absolute atomic E-state index is 12.5. The highest BCUT2D eigenvalue weighted by molar-refractivity contribution is 8.18. The Morgan fingerprint density at radius 1 is 1.19 bits per heavy atom. The summed E-state index contributed by atoms with van der Waals surface area (Å²) in [5.41, 5.74) is 0.891. The number of fused-ring (bicyclic) bond motifs is 2. The molecule has 2 aliphatic carbocycles. The van der Waals surface area contributed by atoms with Crippen molar-refractivity contribution < 1.29 is 14.4 Å². The third-order valence-corrected chi connectivity index (χ3v) is 6.87. The lowest BCUT2D eigenvalue weighted by molar-refractivity contribution is -0.124. The van der Waals surface area contributed by atoms with Gasteiger partial charge in [0.2, 0.25) is 5.91 Å². The van der Waals surface area contributed by atoms with Crippen LogP contribution in [-0.4, -0.2) is 35.0 Å². The lowest BCUT2D eigenvalue weighted by Gasteiger charge is -2.21. The molecule has 1 aliphatic heterocycles. The van der Waals surface area contributed by atoms with Crippen LogP contribution in [0.25, 0.3) is 6.08 Å². The number of benzene rings is 1. The first kappa shape index (κ1) is 18.3. The van der Waals surface area contributed by atoms with Crippen molar-refractivity contribution in [3.05, 3.63) is 40.8 Å². The summed E-state index contributed by atoms with van der Waals surface area (Å²) in [6, 6.07) is 9.47. The highest BCUT2D eigenvalue weighted by Gasteiger charge is 2.40. The molecule has 0 aromatic heterocycles. The number of amides is 3. The normalized spacial score (nSPS) is 28.4. The number of thioether (sulfide) groups is 1. The lowest BCUT2D eigenvalue weighted by atomic mass is 9.86. The summed E-state index contributed by atoms with van der Waals surface area (Å²) in [7, 11) is 0. The number of hydrogen-bond donors (Lipinski definition) is 1. The maximum atomic E-state index is 12.5. The third kappa shape index (κ3) is 4.10. The molecule has 6 heteroatoms. The van der Waals surface area contributed by atoms with E-state index < -0.39 is 0 Å². The predicted octanol–water partition coefficient (Wildman–Crippen LogP) is 3.67. The largest absolute Gasteiger partial charge is 0.354 e. The van der Waals surface area contributed by atoms with E-state index in [1.54, 1.807) is 6.08 Å². The van der Waals surface area contributed by atoms with Crippen LogP contribution < -0.4 is 5.32 Å². The van der Waals surface area contributed by atoms with Crippen LogP contribution in [0.15, 0.2) is 35.2 Å². The zero-order valence-electron chi connectivity index (χ0n) is 15.2. The van der Waals surface area contributed by atoms with E-state index in [9.17, 15) is 14.4 Å². The van der Waals surface area contributed by atoms with E-state index in [0.717, 1.165) is 29.2 Å². The Bertz CT molecular complexity index is 777. The van der Waals surface area contributed by atoms with Gasteiger partial charge in [0.15, 0.2) is 0 Å². The van der Waals surface area contributed by atoms with E-state index in [1.165, 1.54) is 30.6 Å². The van der Waals surface area contributed by atoms with Gasteiger partial charge in [0, 0.05) is 19.5 Å². The molecule has 1 N–H and O–H groups in total. The van der Waals surface area contributed by atoms with Crippen LogP contribution in [0, 0.1) is 17.8 Å². The molecular weight excluding hydrogens is 360 g/mol. The fourth-order valence-corrected chi connectivity index (χ4v) is 5.50. The summed E-state index contributed by atoms with van der Waals surface area (Å²) in [6.07, 6.45) is 7.40. The predicted molar refractivity (Wildman–Crippen MR) is 106 cm³/mol. The van der Waals surface area contributed by atoms with Crippen molar-refractivity contribution in [3.8, 4) is 0 Å². The number of rotatable bonds is 6. The molecule has 1 saturated heterocycles. The SMILES string of the molecule is O=C(C[C@H]1C[C@H]2CC[C@@H]1C2)NCCN1C(=O)S/C(=C\c2ccccc2)C1=O. The molecule has 142 valence electrons. The second-order valence-electron chi connectivity index (χ2n) is 7.73. The summed E-state index contributed by atoms with van der Waals surface area (Å²) in [4.78, 5) is 38.5. The summed E-state index contributed by atoms with van der Waals surface area (Å²) in [5, 5.41) is 2.61. The van der Waals surface area contributed by atoms with Crippen LogP contribution in [0.1, 0.15) is 37.7 Å². The van der Waals surface area contributed by atoms with Crippen LogP contribution >= 0.6 is 11.8 Å². The van der Waals surface area contributed by atoms with Crippen molar-refractivity contribution >= 4 is 34.9 Å². The van der Waals surface area contributed by atoms with Crippen molar-refractivity contribution in [2.24, 2.45) is 17.8 Å². The minimum atomic E-state index is -0.281. The van der Waals surface area contributed by atoms with E-state index in [0.29, 0.717) is 23.8 Å². The Morgan fingerprint density at radius 3 is 2.70 bits per heavy atom. The van der Waals surface area contributed by atoms with Gasteiger partial charge >= 0.3 is 0 Å². The Labute approximate surface area is 163 Å². The van der Waals surface area contributed by atoms with Crippen molar-refractivity contribution in [1.29, 1.82) is 0 Å². The summed E-state index contributed by atoms with van der Waals surface area (Å²) in [5.74, 6) is 1.84. The van der Waals surface area contributed by atoms with E-state index in [4.69, 9.17) is 0 Å². The van der Waals surface area contributed by atoms with Gasteiger partial charge in [-0.1, -0.05) is 36.8 Å². The average Bonchev–Trinajstić information content (AvgIpc) is 3.34. The molecule has 0 spiro atoms. The zero-order chi connectivity index (χ0) is 18.8. The van der Waals surface area contributed by atoms with Gasteiger partial charge < -0.3 is 5.32 Å². The Hall–Kier alpha value is -2.08. The fourth-order valence-electron chi connectivity index (χ4n) is 4.64. The van der Waals surface area contributed by atoms with Gasteiger partial charge in [-0.25, -0.2) is 0 Å². The lowest BCUT2D eigenvalue weighted by Crippen LogP contribution is -2.38. The number of hydrogen-bond acceptors (Lipinski definition) is 4. The van der Waals surface area contributed by atoms with E-state index in [2.05, 4.69) is 5.32 Å². The molecule has 2 saturated carbocycles. The van der Waals surface area contributed by atoms with Crippen molar-refractivity contribution in [2.75, 3.05) is 13.1 Å². The van der Waals surface area contributed by atoms with Gasteiger partial charge in [0.25, 0.3) is 11.1 Å². The number of nitrogens with zero attached hydrogens (tertiary/aromatic N) is 1. The van der Waals surface area contributed by atoms with Gasteiger partial charge in [-0.3, -0.25) is 19.3 Å². The smallest absolute Gasteiger partial charge is 0.293 e. The molecule has 1 heterocycles. The maximum Gasteiger partial charge on any atom is 0.293 e. The van der Waals surface area contributed by atoms with Crippen LogP contribution in [0.2, 0.25) is 0 Å². The molecule has 5 nitrogen and oxygen atoms in total.